The van der Waals surface area contributed by atoms with Crippen LogP contribution in [0.3, 0.4) is 0 Å². The van der Waals surface area contributed by atoms with Crippen LogP contribution in [0.25, 0.3) is 0 Å². The van der Waals surface area contributed by atoms with Gasteiger partial charge in [-0.15, -0.1) is 0 Å². The number of carbonyl (C=O) groups is 1. The van der Waals surface area contributed by atoms with Gasteiger partial charge in [0.1, 0.15) is 5.71 Å². The minimum atomic E-state index is -1.25. The molecule has 0 heterocycles. The monoisotopic (exact) mass is 128 g/mol. The van der Waals surface area contributed by atoms with Crippen molar-refractivity contribution in [3.05, 3.63) is 0 Å². The molecule has 0 aromatic carbocycles. The molecular weight excluding hydrogens is 120 g/mol. The van der Waals surface area contributed by atoms with Gasteiger partial charge in [0.15, 0.2) is 0 Å². The summed E-state index contributed by atoms with van der Waals surface area (Å²) in [5, 5.41) is 21.7. The molecule has 0 atom stereocenters. The first-order valence-corrected chi connectivity index (χ1v) is 2.38. The molecule has 3 N–H and O–H groups in total. The Hall–Kier alpha value is -1.19. The number of carboxylic acid groups (broad SMARTS) is 1. The number of nitrogens with one attached hydrogen (secondary N) is 2. The molecule has 0 unspecified atom stereocenters. The van der Waals surface area contributed by atoms with Crippen molar-refractivity contribution < 1.29 is 9.90 Å². The van der Waals surface area contributed by atoms with Crippen LogP contribution in [0.15, 0.2) is 0 Å². The highest BCUT2D eigenvalue weighted by Crippen LogP contribution is 1.84. The van der Waals surface area contributed by atoms with Crippen LogP contribution in [0.5, 0.6) is 0 Å². The first-order valence-electron chi connectivity index (χ1n) is 2.38. The van der Waals surface area contributed by atoms with E-state index in [4.69, 9.17) is 15.9 Å². The zero-order valence-corrected chi connectivity index (χ0v) is 5.06. The van der Waals surface area contributed by atoms with Crippen molar-refractivity contribution in [1.82, 2.24) is 0 Å². The molecule has 0 aromatic heterocycles. The van der Waals surface area contributed by atoms with Gasteiger partial charge in [-0.3, -0.25) is 5.41 Å². The van der Waals surface area contributed by atoms with Crippen molar-refractivity contribution in [2.24, 2.45) is 0 Å². The molecule has 0 radical (unpaired) electrons. The minimum Gasteiger partial charge on any atom is -0.477 e. The Kier molecular flexibility index (Phi) is 2.57. The average molecular weight is 128 g/mol. The quantitative estimate of drug-likeness (QED) is 0.484. The molecular formula is C5H8N2O2. The maximum Gasteiger partial charge on any atom is 0.349 e. The van der Waals surface area contributed by atoms with E-state index in [9.17, 15) is 4.79 Å². The summed E-state index contributed by atoms with van der Waals surface area (Å²) in [6, 6.07) is 0. The summed E-state index contributed by atoms with van der Waals surface area (Å²) in [5.74, 6) is -1.25. The fraction of sp³-hybridized carbons (Fsp3) is 0.400. The van der Waals surface area contributed by atoms with E-state index in [1.807, 2.05) is 0 Å². The molecule has 9 heavy (non-hydrogen) atoms. The fourth-order valence-corrected chi connectivity index (χ4v) is 0.341. The highest BCUT2D eigenvalue weighted by molar-refractivity contribution is 6.37. The van der Waals surface area contributed by atoms with E-state index >= 15 is 0 Å². The third-order valence-electron chi connectivity index (χ3n) is 0.700. The Morgan fingerprint density at radius 3 is 2.11 bits per heavy atom. The number of hydrogen-bond donors (Lipinski definition) is 3. The van der Waals surface area contributed by atoms with Gasteiger partial charge in [-0.05, 0) is 6.92 Å². The summed E-state index contributed by atoms with van der Waals surface area (Å²) in [5.41, 5.74) is -0.232. The SMILES string of the molecule is CC(=N)CC(=N)C(=O)O. The molecule has 0 rings (SSSR count). The van der Waals surface area contributed by atoms with E-state index in [1.165, 1.54) is 6.92 Å². The van der Waals surface area contributed by atoms with Crippen LogP contribution in [0.2, 0.25) is 0 Å². The first kappa shape index (κ1) is 7.81. The zero-order chi connectivity index (χ0) is 7.44. The molecule has 0 amide bonds. The van der Waals surface area contributed by atoms with E-state index in [2.05, 4.69) is 0 Å². The molecule has 4 heteroatoms. The second-order valence-electron chi connectivity index (χ2n) is 1.74. The van der Waals surface area contributed by atoms with Gasteiger partial charge in [-0.2, -0.15) is 0 Å². The predicted molar refractivity (Wildman–Crippen MR) is 33.4 cm³/mol. The Bertz CT molecular complexity index is 162. The van der Waals surface area contributed by atoms with Crippen LogP contribution in [0.4, 0.5) is 0 Å². The van der Waals surface area contributed by atoms with Gasteiger partial charge in [-0.25, -0.2) is 4.79 Å². The van der Waals surface area contributed by atoms with Gasteiger partial charge in [-0.1, -0.05) is 0 Å². The molecule has 0 spiro atoms. The molecule has 0 aliphatic carbocycles. The average Bonchev–Trinajstić information content (AvgIpc) is 1.63. The third kappa shape index (κ3) is 3.40. The summed E-state index contributed by atoms with van der Waals surface area (Å²) in [6.07, 6.45) is -0.0602. The van der Waals surface area contributed by atoms with Crippen LogP contribution in [-0.2, 0) is 4.79 Å². The van der Waals surface area contributed by atoms with E-state index < -0.39 is 11.7 Å². The van der Waals surface area contributed by atoms with Crippen molar-refractivity contribution in [3.63, 3.8) is 0 Å². The van der Waals surface area contributed by atoms with Crippen LogP contribution < -0.4 is 0 Å². The zero-order valence-electron chi connectivity index (χ0n) is 5.06. The van der Waals surface area contributed by atoms with Crippen molar-refractivity contribution >= 4 is 17.4 Å². The summed E-state index contributed by atoms with van der Waals surface area (Å²) in [6.45, 7) is 1.47. The first-order chi connectivity index (χ1) is 4.04. The smallest absolute Gasteiger partial charge is 0.349 e. The molecule has 0 aliphatic rings. The maximum absolute atomic E-state index is 9.91. The van der Waals surface area contributed by atoms with E-state index in [-0.39, 0.29) is 12.1 Å². The Morgan fingerprint density at radius 1 is 1.56 bits per heavy atom. The lowest BCUT2D eigenvalue weighted by Gasteiger charge is -1.92. The largest absolute Gasteiger partial charge is 0.477 e. The normalized spacial score (nSPS) is 8.56. The van der Waals surface area contributed by atoms with Crippen molar-refractivity contribution in [2.45, 2.75) is 13.3 Å². The molecule has 4 nitrogen and oxygen atoms in total. The Balaban J connectivity index is 3.79. The van der Waals surface area contributed by atoms with Gasteiger partial charge in [0.25, 0.3) is 0 Å². The van der Waals surface area contributed by atoms with E-state index in [0.29, 0.717) is 0 Å². The lowest BCUT2D eigenvalue weighted by atomic mass is 10.2. The maximum atomic E-state index is 9.91. The molecule has 0 saturated carbocycles. The molecule has 0 saturated heterocycles. The lowest BCUT2D eigenvalue weighted by molar-refractivity contribution is -0.129. The van der Waals surface area contributed by atoms with Gasteiger partial charge >= 0.3 is 5.97 Å². The van der Waals surface area contributed by atoms with Crippen molar-refractivity contribution in [1.29, 1.82) is 10.8 Å². The third-order valence-corrected chi connectivity index (χ3v) is 0.700. The Morgan fingerprint density at radius 2 is 2.00 bits per heavy atom. The summed E-state index contributed by atoms with van der Waals surface area (Å²) in [7, 11) is 0. The van der Waals surface area contributed by atoms with Crippen LogP contribution >= 0.6 is 0 Å². The standard InChI is InChI=1S/C5H8N2O2/c1-3(6)2-4(7)5(8)9/h6-7H,2H2,1H3,(H,8,9). The predicted octanol–water partition coefficient (Wildman–Crippen LogP) is 0.521. The summed E-state index contributed by atoms with van der Waals surface area (Å²) < 4.78 is 0. The second-order valence-corrected chi connectivity index (χ2v) is 1.74. The van der Waals surface area contributed by atoms with Gasteiger partial charge in [0.05, 0.1) is 0 Å². The van der Waals surface area contributed by atoms with Gasteiger partial charge in [0.2, 0.25) is 0 Å². The van der Waals surface area contributed by atoms with Crippen LogP contribution in [0.1, 0.15) is 13.3 Å². The number of hydrogen-bond acceptors (Lipinski definition) is 3. The second kappa shape index (κ2) is 2.96. The van der Waals surface area contributed by atoms with Crippen LogP contribution in [-0.4, -0.2) is 22.5 Å². The molecule has 0 aliphatic heterocycles. The topological polar surface area (TPSA) is 85.0 Å². The van der Waals surface area contributed by atoms with Crippen LogP contribution in [0, 0.1) is 10.8 Å². The fourth-order valence-electron chi connectivity index (χ4n) is 0.341. The Labute approximate surface area is 52.5 Å². The van der Waals surface area contributed by atoms with Crippen molar-refractivity contribution in [2.75, 3.05) is 0 Å². The highest BCUT2D eigenvalue weighted by atomic mass is 16.4. The molecule has 0 fully saturated rings. The lowest BCUT2D eigenvalue weighted by Crippen LogP contribution is -2.14. The molecule has 0 bridgehead atoms. The van der Waals surface area contributed by atoms with Crippen molar-refractivity contribution in [3.8, 4) is 0 Å². The molecule has 50 valence electrons. The van der Waals surface area contributed by atoms with E-state index in [1.54, 1.807) is 0 Å². The highest BCUT2D eigenvalue weighted by Gasteiger charge is 2.05. The number of rotatable bonds is 3. The minimum absolute atomic E-state index is 0.0602. The van der Waals surface area contributed by atoms with E-state index in [0.717, 1.165) is 0 Å². The number of carboxylic acids is 1. The van der Waals surface area contributed by atoms with Gasteiger partial charge < -0.3 is 10.5 Å². The summed E-state index contributed by atoms with van der Waals surface area (Å²) >= 11 is 0. The molecule has 0 aromatic rings. The summed E-state index contributed by atoms with van der Waals surface area (Å²) in [4.78, 5) is 9.91. The number of aliphatic carboxylic acids is 1. The van der Waals surface area contributed by atoms with Gasteiger partial charge in [0, 0.05) is 12.1 Å².